The van der Waals surface area contributed by atoms with Crippen LogP contribution in [0.4, 0.5) is 4.79 Å². The summed E-state index contributed by atoms with van der Waals surface area (Å²) in [4.78, 5) is 16.1. The molecule has 4 nitrogen and oxygen atoms in total. The number of amides is 2. The van der Waals surface area contributed by atoms with Crippen LogP contribution in [0.2, 0.25) is 0 Å². The van der Waals surface area contributed by atoms with Gasteiger partial charge in [0.2, 0.25) is 0 Å². The van der Waals surface area contributed by atoms with E-state index in [-0.39, 0.29) is 12.1 Å². The third-order valence-electron chi connectivity index (χ3n) is 3.26. The zero-order valence-corrected chi connectivity index (χ0v) is 11.1. The molecule has 1 aliphatic rings. The molecule has 0 aromatic carbocycles. The maximum absolute atomic E-state index is 12.3. The van der Waals surface area contributed by atoms with Crippen molar-refractivity contribution in [3.8, 4) is 6.07 Å². The second kappa shape index (κ2) is 6.48. The van der Waals surface area contributed by atoms with Crippen molar-refractivity contribution in [1.29, 1.82) is 5.26 Å². The minimum absolute atomic E-state index is 0.0989. The van der Waals surface area contributed by atoms with E-state index in [1.165, 1.54) is 6.42 Å². The fourth-order valence-electron chi connectivity index (χ4n) is 2.29. The number of nitrogens with zero attached hydrogens (tertiary/aromatic N) is 3. The van der Waals surface area contributed by atoms with Crippen molar-refractivity contribution in [3.05, 3.63) is 0 Å². The number of hydrogen-bond acceptors (Lipinski definition) is 2. The highest BCUT2D eigenvalue weighted by atomic mass is 16.2. The fraction of sp³-hybridized carbons (Fsp3) is 0.846. The number of piperidine rings is 1. The molecule has 1 atom stereocenters. The maximum Gasteiger partial charge on any atom is 0.320 e. The fourth-order valence-corrected chi connectivity index (χ4v) is 2.29. The van der Waals surface area contributed by atoms with E-state index in [1.807, 2.05) is 18.7 Å². The molecule has 0 N–H and O–H groups in total. The number of rotatable bonds is 3. The third kappa shape index (κ3) is 3.92. The number of urea groups is 1. The summed E-state index contributed by atoms with van der Waals surface area (Å²) in [5.41, 5.74) is 0. The van der Waals surface area contributed by atoms with E-state index in [0.29, 0.717) is 18.9 Å². The summed E-state index contributed by atoms with van der Waals surface area (Å²) in [5, 5.41) is 8.63. The summed E-state index contributed by atoms with van der Waals surface area (Å²) in [7, 11) is 0. The van der Waals surface area contributed by atoms with Gasteiger partial charge in [0, 0.05) is 25.7 Å². The molecule has 1 saturated heterocycles. The van der Waals surface area contributed by atoms with E-state index >= 15 is 0 Å². The van der Waals surface area contributed by atoms with Gasteiger partial charge < -0.3 is 9.80 Å². The predicted octanol–water partition coefficient (Wildman–Crippen LogP) is 2.46. The van der Waals surface area contributed by atoms with Gasteiger partial charge in [-0.25, -0.2) is 4.79 Å². The molecule has 1 fully saturated rings. The summed E-state index contributed by atoms with van der Waals surface area (Å²) >= 11 is 0. The molecule has 1 rings (SSSR count). The standard InChI is InChI=1S/C13H23N3O/c1-11(2)16(9-5-7-14)13(17)15-8-4-6-12(3)10-15/h11-12H,4-6,8-10H2,1-3H3. The van der Waals surface area contributed by atoms with Gasteiger partial charge >= 0.3 is 6.03 Å². The Hall–Kier alpha value is -1.24. The second-order valence-corrected chi connectivity index (χ2v) is 5.17. The van der Waals surface area contributed by atoms with Crippen LogP contribution in [0.1, 0.15) is 40.0 Å². The summed E-state index contributed by atoms with van der Waals surface area (Å²) < 4.78 is 0. The molecule has 0 spiro atoms. The molecule has 2 amide bonds. The Morgan fingerprint density at radius 1 is 1.59 bits per heavy atom. The van der Waals surface area contributed by atoms with Gasteiger partial charge in [0.05, 0.1) is 12.5 Å². The van der Waals surface area contributed by atoms with E-state index in [9.17, 15) is 4.79 Å². The van der Waals surface area contributed by atoms with Gasteiger partial charge in [0.1, 0.15) is 0 Å². The van der Waals surface area contributed by atoms with Crippen molar-refractivity contribution in [1.82, 2.24) is 9.80 Å². The monoisotopic (exact) mass is 237 g/mol. The first-order valence-electron chi connectivity index (χ1n) is 6.48. The lowest BCUT2D eigenvalue weighted by molar-refractivity contribution is 0.121. The summed E-state index contributed by atoms with van der Waals surface area (Å²) in [6.07, 6.45) is 2.72. The lowest BCUT2D eigenvalue weighted by Gasteiger charge is -2.36. The molecule has 1 heterocycles. The summed E-state index contributed by atoms with van der Waals surface area (Å²) in [5.74, 6) is 0.595. The normalized spacial score (nSPS) is 20.2. The molecule has 0 aliphatic carbocycles. The first kappa shape index (κ1) is 13.8. The van der Waals surface area contributed by atoms with Crippen LogP contribution in [0.3, 0.4) is 0 Å². The Morgan fingerprint density at radius 2 is 2.29 bits per heavy atom. The van der Waals surface area contributed by atoms with E-state index in [2.05, 4.69) is 13.0 Å². The number of hydrogen-bond donors (Lipinski definition) is 0. The molecule has 0 saturated carbocycles. The van der Waals surface area contributed by atoms with Crippen molar-refractivity contribution in [3.63, 3.8) is 0 Å². The third-order valence-corrected chi connectivity index (χ3v) is 3.26. The summed E-state index contributed by atoms with van der Waals surface area (Å²) in [6.45, 7) is 8.45. The molecule has 0 aromatic heterocycles. The smallest absolute Gasteiger partial charge is 0.320 e. The topological polar surface area (TPSA) is 47.3 Å². The minimum Gasteiger partial charge on any atom is -0.324 e. The average molecular weight is 237 g/mol. The Kier molecular flexibility index (Phi) is 5.27. The van der Waals surface area contributed by atoms with E-state index < -0.39 is 0 Å². The average Bonchev–Trinajstić information content (AvgIpc) is 2.29. The molecular weight excluding hydrogens is 214 g/mol. The van der Waals surface area contributed by atoms with Crippen molar-refractivity contribution in [2.24, 2.45) is 5.92 Å². The molecule has 1 aliphatic heterocycles. The van der Waals surface area contributed by atoms with Crippen LogP contribution in [-0.2, 0) is 0 Å². The maximum atomic E-state index is 12.3. The molecular formula is C13H23N3O. The van der Waals surface area contributed by atoms with E-state index in [4.69, 9.17) is 5.26 Å². The van der Waals surface area contributed by atoms with Crippen LogP contribution >= 0.6 is 0 Å². The Balaban J connectivity index is 2.60. The van der Waals surface area contributed by atoms with Gasteiger partial charge in [-0.3, -0.25) is 0 Å². The lowest BCUT2D eigenvalue weighted by atomic mass is 10.0. The van der Waals surface area contributed by atoms with Crippen LogP contribution in [0, 0.1) is 17.2 Å². The van der Waals surface area contributed by atoms with Crippen LogP contribution in [0.25, 0.3) is 0 Å². The zero-order valence-electron chi connectivity index (χ0n) is 11.1. The van der Waals surface area contributed by atoms with Gasteiger partial charge in [-0.05, 0) is 32.6 Å². The second-order valence-electron chi connectivity index (χ2n) is 5.17. The van der Waals surface area contributed by atoms with Gasteiger partial charge in [-0.2, -0.15) is 5.26 Å². The van der Waals surface area contributed by atoms with Gasteiger partial charge in [-0.15, -0.1) is 0 Å². The van der Waals surface area contributed by atoms with Crippen molar-refractivity contribution in [2.45, 2.75) is 46.1 Å². The number of carbonyl (C=O) groups is 1. The number of nitriles is 1. The highest BCUT2D eigenvalue weighted by Crippen LogP contribution is 2.17. The molecule has 0 aromatic rings. The zero-order chi connectivity index (χ0) is 12.8. The van der Waals surface area contributed by atoms with Gasteiger partial charge in [0.25, 0.3) is 0 Å². The van der Waals surface area contributed by atoms with Crippen LogP contribution in [0.5, 0.6) is 0 Å². The first-order valence-corrected chi connectivity index (χ1v) is 6.48. The Bertz CT molecular complexity index is 296. The van der Waals surface area contributed by atoms with Crippen molar-refractivity contribution in [2.75, 3.05) is 19.6 Å². The predicted molar refractivity (Wildman–Crippen MR) is 67.4 cm³/mol. The molecule has 96 valence electrons. The highest BCUT2D eigenvalue weighted by molar-refractivity contribution is 5.74. The Morgan fingerprint density at radius 3 is 2.82 bits per heavy atom. The molecule has 1 unspecified atom stereocenters. The number of carbonyl (C=O) groups excluding carboxylic acids is 1. The van der Waals surface area contributed by atoms with E-state index in [0.717, 1.165) is 19.5 Å². The molecule has 0 radical (unpaired) electrons. The Labute approximate surface area is 104 Å². The quantitative estimate of drug-likeness (QED) is 0.757. The molecule has 17 heavy (non-hydrogen) atoms. The van der Waals surface area contributed by atoms with Crippen molar-refractivity contribution < 1.29 is 4.79 Å². The van der Waals surface area contributed by atoms with E-state index in [1.54, 1.807) is 4.90 Å². The molecule has 4 heteroatoms. The van der Waals surface area contributed by atoms with Crippen LogP contribution in [-0.4, -0.2) is 41.5 Å². The minimum atomic E-state index is 0.0989. The van der Waals surface area contributed by atoms with Crippen LogP contribution in [0.15, 0.2) is 0 Å². The SMILES string of the molecule is CC1CCCN(C(=O)N(CCC#N)C(C)C)C1. The van der Waals surface area contributed by atoms with Crippen molar-refractivity contribution >= 4 is 6.03 Å². The molecule has 0 bridgehead atoms. The highest BCUT2D eigenvalue weighted by Gasteiger charge is 2.26. The van der Waals surface area contributed by atoms with Gasteiger partial charge in [-0.1, -0.05) is 6.92 Å². The van der Waals surface area contributed by atoms with Crippen LogP contribution < -0.4 is 0 Å². The summed E-state index contributed by atoms with van der Waals surface area (Å²) in [6, 6.07) is 2.37. The largest absolute Gasteiger partial charge is 0.324 e. The first-order chi connectivity index (χ1) is 8.06. The number of likely N-dealkylation sites (tertiary alicyclic amines) is 1. The lowest BCUT2D eigenvalue weighted by Crippen LogP contribution is -2.49. The van der Waals surface area contributed by atoms with Gasteiger partial charge in [0.15, 0.2) is 0 Å².